The van der Waals surface area contributed by atoms with Crippen molar-refractivity contribution in [1.29, 1.82) is 0 Å². The molecule has 8 rings (SSSR count). The fourth-order valence-corrected chi connectivity index (χ4v) is 12.3. The molecule has 2 saturated carbocycles. The highest BCUT2D eigenvalue weighted by atomic mass is 16.7. The smallest absolute Gasteiger partial charge is 0.306 e. The Morgan fingerprint density at radius 2 is 1.58 bits per heavy atom. The molecule has 15 heteroatoms. The number of rotatable bonds is 12. The van der Waals surface area contributed by atoms with Gasteiger partial charge in [-0.1, -0.05) is 25.1 Å². The molecule has 4 unspecified atom stereocenters. The number of nitrogens with zero attached hydrogens (tertiary/aromatic N) is 3. The van der Waals surface area contributed by atoms with E-state index in [0.29, 0.717) is 19.3 Å². The van der Waals surface area contributed by atoms with E-state index in [9.17, 15) is 4.79 Å². The van der Waals surface area contributed by atoms with Crippen molar-refractivity contribution >= 4 is 11.8 Å². The van der Waals surface area contributed by atoms with Crippen LogP contribution in [0.4, 0.5) is 0 Å². The first-order chi connectivity index (χ1) is 31.0. The Morgan fingerprint density at radius 1 is 0.828 bits per heavy atom. The predicted molar refractivity (Wildman–Crippen MR) is 236 cm³/mol. The molecule has 3 aliphatic carbocycles. The van der Waals surface area contributed by atoms with E-state index in [0.717, 1.165) is 61.1 Å². The number of esters is 1. The highest BCUT2D eigenvalue weighted by Gasteiger charge is 2.57. The number of ketones is 1. The normalized spacial score (nSPS) is 40.6. The van der Waals surface area contributed by atoms with E-state index >= 15 is 4.79 Å². The first-order valence-electron chi connectivity index (χ1n) is 23.9. The minimum absolute atomic E-state index is 0.00976. The number of hydrogen-bond acceptors (Lipinski definition) is 14. The van der Waals surface area contributed by atoms with Gasteiger partial charge in [0.05, 0.1) is 50.2 Å². The number of allylic oxidation sites excluding steroid dienone is 2. The maximum atomic E-state index is 15.2. The maximum absolute atomic E-state index is 15.2. The van der Waals surface area contributed by atoms with Crippen LogP contribution in [-0.4, -0.2) is 130 Å². The first-order valence-corrected chi connectivity index (χ1v) is 23.9. The summed E-state index contributed by atoms with van der Waals surface area (Å²) in [7, 11) is 8.58. The van der Waals surface area contributed by atoms with Crippen molar-refractivity contribution in [3.8, 4) is 17.0 Å². The van der Waals surface area contributed by atoms with E-state index in [1.807, 2.05) is 56.0 Å². The molecule has 15 nitrogen and oxygen atoms in total. The summed E-state index contributed by atoms with van der Waals surface area (Å²) in [5, 5.41) is 12.8. The molecule has 354 valence electrons. The first kappa shape index (κ1) is 47.2. The summed E-state index contributed by atoms with van der Waals surface area (Å²) in [6.07, 6.45) is 7.85. The van der Waals surface area contributed by atoms with Crippen LogP contribution in [0, 0.1) is 35.5 Å². The molecular formula is C49H72N4O11. The average Bonchev–Trinajstić information content (AvgIpc) is 4.05. The number of Topliss-reactive ketones (excluding diaryl/α,β-unsaturated/α-hetero) is 1. The maximum Gasteiger partial charge on any atom is 0.306 e. The van der Waals surface area contributed by atoms with Crippen molar-refractivity contribution < 1.29 is 52.2 Å². The SMILES string of the molecule is CC[C@H]1CCC[C@H](O[C@H]2CC[C@H](NC)C(C)O2)[C@@H](C)C(=O)C2=C[C@@H]3[C@@H](C[C@@H](n4cc(-c5ccc(OC)cc5)nn4)[C@@H]4C[C@@H](O[C@@H]5OC(C)[C@H](OC)C(OC)C5OC)C[C@@H]34)[C@@H]2CC(=O)O1. The minimum Gasteiger partial charge on any atom is -0.497 e. The summed E-state index contributed by atoms with van der Waals surface area (Å²) in [6, 6.07) is 8.01. The number of benzene rings is 1. The highest BCUT2D eigenvalue weighted by Crippen LogP contribution is 2.60. The third-order valence-corrected chi connectivity index (χ3v) is 15.8. The molecule has 6 aliphatic rings. The molecule has 2 aromatic rings. The standard InChI is InChI=1S/C49H72N4O11/c1-10-30-12-11-13-42(64-44-19-18-39(50-5)27(3)60-44)26(2)45(55)38-22-34-33-20-32(63-49-48(59-9)47(58-8)46(57-7)28(4)61-49)21-37(33)41(23-35(34)36(38)24-43(54)62-30)53-25-40(51-52-53)29-14-16-31(56-6)17-15-29/h14-17,22,25-28,30,32-37,39,41-42,44,46-50H,10-13,18-21,23-24H2,1-9H3/t26-,27?,28?,30+,32+,33+,34+,35-,36+,37-,39+,41-,42+,44+,46+,47?,48?,49+/m1/s1. The van der Waals surface area contributed by atoms with Gasteiger partial charge < -0.3 is 47.9 Å². The second-order valence-corrected chi connectivity index (χ2v) is 19.2. The lowest BCUT2D eigenvalue weighted by molar-refractivity contribution is -0.314. The topological polar surface area (TPSA) is 160 Å². The van der Waals surface area contributed by atoms with Crippen molar-refractivity contribution in [1.82, 2.24) is 20.3 Å². The Bertz CT molecular complexity index is 1910. The summed E-state index contributed by atoms with van der Waals surface area (Å²) in [5.41, 5.74) is 2.43. The Labute approximate surface area is 378 Å². The molecule has 0 radical (unpaired) electrons. The van der Waals surface area contributed by atoms with Crippen LogP contribution in [0.5, 0.6) is 5.75 Å². The molecule has 1 aromatic carbocycles. The lowest BCUT2D eigenvalue weighted by Crippen LogP contribution is -2.59. The van der Waals surface area contributed by atoms with Crippen molar-refractivity contribution in [3.63, 3.8) is 0 Å². The molecule has 1 N–H and O–H groups in total. The predicted octanol–water partition coefficient (Wildman–Crippen LogP) is 6.49. The molecule has 3 aliphatic heterocycles. The summed E-state index contributed by atoms with van der Waals surface area (Å²) in [4.78, 5) is 29.2. The van der Waals surface area contributed by atoms with Crippen LogP contribution in [0.3, 0.4) is 0 Å². The number of likely N-dealkylation sites (N-methyl/N-ethyl adjacent to an activating group) is 1. The largest absolute Gasteiger partial charge is 0.497 e. The second kappa shape index (κ2) is 20.7. The van der Waals surface area contributed by atoms with Crippen molar-refractivity contribution in [2.75, 3.05) is 35.5 Å². The van der Waals surface area contributed by atoms with Crippen LogP contribution >= 0.6 is 0 Å². The van der Waals surface area contributed by atoms with Crippen LogP contribution in [0.1, 0.15) is 97.9 Å². The highest BCUT2D eigenvalue weighted by molar-refractivity contribution is 5.99. The molecule has 18 atom stereocenters. The number of methoxy groups -OCH3 is 4. The number of aromatic nitrogens is 3. The Morgan fingerprint density at radius 3 is 2.27 bits per heavy atom. The van der Waals surface area contributed by atoms with E-state index in [-0.39, 0.29) is 109 Å². The zero-order chi connectivity index (χ0) is 45.2. The number of fused-ring (bicyclic) bond motifs is 5. The van der Waals surface area contributed by atoms with Crippen LogP contribution in [0.15, 0.2) is 42.1 Å². The van der Waals surface area contributed by atoms with Crippen molar-refractivity contribution in [2.45, 2.75) is 165 Å². The van der Waals surface area contributed by atoms with Gasteiger partial charge in [0.1, 0.15) is 35.9 Å². The Hall–Kier alpha value is -3.28. The monoisotopic (exact) mass is 893 g/mol. The number of ether oxygens (including phenoxy) is 9. The molecular weight excluding hydrogens is 821 g/mol. The fourth-order valence-electron chi connectivity index (χ4n) is 12.3. The number of hydrogen-bond donors (Lipinski definition) is 1. The lowest BCUT2D eigenvalue weighted by atomic mass is 9.64. The van der Waals surface area contributed by atoms with Gasteiger partial charge in [-0.05, 0) is 132 Å². The molecule has 0 amide bonds. The number of carbonyl (C=O) groups excluding carboxylic acids is 2. The van der Waals surface area contributed by atoms with Crippen LogP contribution in [0.2, 0.25) is 0 Å². The summed E-state index contributed by atoms with van der Waals surface area (Å²) in [5.74, 6) is 0.0891. The molecule has 5 fully saturated rings. The Kier molecular flexibility index (Phi) is 15.3. The van der Waals surface area contributed by atoms with E-state index in [2.05, 4.69) is 30.3 Å². The van der Waals surface area contributed by atoms with Gasteiger partial charge in [-0.2, -0.15) is 0 Å². The Balaban J connectivity index is 1.12. The summed E-state index contributed by atoms with van der Waals surface area (Å²) < 4.78 is 57.9. The van der Waals surface area contributed by atoms with Gasteiger partial charge in [0.15, 0.2) is 18.4 Å². The second-order valence-electron chi connectivity index (χ2n) is 19.2. The van der Waals surface area contributed by atoms with Crippen LogP contribution in [0.25, 0.3) is 11.3 Å². The van der Waals surface area contributed by atoms with Gasteiger partial charge in [0.2, 0.25) is 0 Å². The summed E-state index contributed by atoms with van der Waals surface area (Å²) >= 11 is 0. The number of nitrogens with one attached hydrogen (secondary N) is 1. The van der Waals surface area contributed by atoms with Gasteiger partial charge in [-0.25, -0.2) is 4.68 Å². The van der Waals surface area contributed by atoms with Crippen molar-refractivity contribution in [3.05, 3.63) is 42.1 Å². The molecule has 4 heterocycles. The third kappa shape index (κ3) is 9.60. The number of carbonyl (C=O) groups is 2. The molecule has 3 saturated heterocycles. The molecule has 0 bridgehead atoms. The van der Waals surface area contributed by atoms with Gasteiger partial charge in [-0.3, -0.25) is 9.59 Å². The number of cyclic esters (lactones) is 1. The zero-order valence-corrected chi connectivity index (χ0v) is 39.3. The van der Waals surface area contributed by atoms with E-state index < -0.39 is 18.3 Å². The van der Waals surface area contributed by atoms with Crippen LogP contribution in [-0.2, 0) is 47.5 Å². The fraction of sp³-hybridized carbons (Fsp3) is 0.755. The van der Waals surface area contributed by atoms with Crippen LogP contribution < -0.4 is 10.1 Å². The van der Waals surface area contributed by atoms with Gasteiger partial charge in [0, 0.05) is 44.8 Å². The van der Waals surface area contributed by atoms with Crippen molar-refractivity contribution in [2.24, 2.45) is 35.5 Å². The van der Waals surface area contributed by atoms with E-state index in [1.54, 1.807) is 28.4 Å². The third-order valence-electron chi connectivity index (χ3n) is 15.8. The minimum atomic E-state index is -0.679. The average molecular weight is 893 g/mol. The van der Waals surface area contributed by atoms with E-state index in [4.69, 9.17) is 47.8 Å². The molecule has 0 spiro atoms. The van der Waals surface area contributed by atoms with Gasteiger partial charge in [-0.15, -0.1) is 5.10 Å². The molecule has 1 aromatic heterocycles. The molecule has 64 heavy (non-hydrogen) atoms. The van der Waals surface area contributed by atoms with E-state index in [1.165, 1.54) is 0 Å². The van der Waals surface area contributed by atoms with Gasteiger partial charge >= 0.3 is 5.97 Å². The lowest BCUT2D eigenvalue weighted by Gasteiger charge is -2.44. The van der Waals surface area contributed by atoms with Gasteiger partial charge in [0.25, 0.3) is 0 Å². The summed E-state index contributed by atoms with van der Waals surface area (Å²) in [6.45, 7) is 8.12. The zero-order valence-electron chi connectivity index (χ0n) is 39.3. The quantitative estimate of drug-likeness (QED) is 0.231.